The second-order valence-electron chi connectivity index (χ2n) is 7.28. The molecule has 5 nitrogen and oxygen atoms in total. The predicted octanol–water partition coefficient (Wildman–Crippen LogP) is 6.10. The van der Waals surface area contributed by atoms with Crippen LogP contribution in [0, 0.1) is 6.92 Å². The Morgan fingerprint density at radius 3 is 2.21 bits per heavy atom. The van der Waals surface area contributed by atoms with E-state index in [1.807, 2.05) is 25.1 Å². The number of aryl methyl sites for hydroxylation is 1. The van der Waals surface area contributed by atoms with Crippen LogP contribution < -0.4 is 4.18 Å². The number of pyridine rings is 1. The fraction of sp³-hybridized carbons (Fsp3) is 0.591. The van der Waals surface area contributed by atoms with Crippen molar-refractivity contribution in [1.82, 2.24) is 4.98 Å². The second kappa shape index (κ2) is 12.0. The summed E-state index contributed by atoms with van der Waals surface area (Å²) < 4.78 is 34.4. The number of aromatic nitrogens is 1. The van der Waals surface area contributed by atoms with E-state index in [-0.39, 0.29) is 12.4 Å². The Balaban J connectivity index is 1.67. The minimum absolute atomic E-state index is 0.149. The minimum atomic E-state index is -4.09. The Bertz CT molecular complexity index is 820. The van der Waals surface area contributed by atoms with Gasteiger partial charge in [0.15, 0.2) is 5.75 Å². The zero-order valence-electron chi connectivity index (χ0n) is 17.2. The first kappa shape index (κ1) is 22.6. The van der Waals surface area contributed by atoms with Crippen LogP contribution in [0.5, 0.6) is 5.75 Å². The Kier molecular flexibility index (Phi) is 9.71. The summed E-state index contributed by atoms with van der Waals surface area (Å²) in [6, 6.07) is 7.14. The molecule has 2 rings (SSSR count). The first-order valence-corrected chi connectivity index (χ1v) is 11.8. The molecule has 0 fully saturated rings. The van der Waals surface area contributed by atoms with Crippen LogP contribution in [0.4, 0.5) is 0 Å². The molecule has 2 aromatic rings. The third-order valence-electron chi connectivity index (χ3n) is 4.87. The maximum absolute atomic E-state index is 12.1. The molecule has 0 amide bonds. The van der Waals surface area contributed by atoms with E-state index in [4.69, 9.17) is 8.37 Å². The Morgan fingerprint density at radius 2 is 1.54 bits per heavy atom. The summed E-state index contributed by atoms with van der Waals surface area (Å²) in [6.07, 6.45) is 13.5. The van der Waals surface area contributed by atoms with Crippen molar-refractivity contribution in [3.63, 3.8) is 0 Å². The van der Waals surface area contributed by atoms with Gasteiger partial charge >= 0.3 is 10.4 Å². The molecular formula is C22H33NO4S. The van der Waals surface area contributed by atoms with Crippen molar-refractivity contribution < 1.29 is 16.8 Å². The van der Waals surface area contributed by atoms with Crippen molar-refractivity contribution in [2.75, 3.05) is 6.61 Å². The lowest BCUT2D eigenvalue weighted by atomic mass is 10.1. The smallest absolute Gasteiger partial charge is 0.359 e. The van der Waals surface area contributed by atoms with E-state index < -0.39 is 10.4 Å². The lowest BCUT2D eigenvalue weighted by molar-refractivity contribution is 0.266. The Hall–Kier alpha value is -1.66. The van der Waals surface area contributed by atoms with Gasteiger partial charge in [0.25, 0.3) is 0 Å². The molecule has 0 unspecified atom stereocenters. The molecule has 1 aromatic heterocycles. The van der Waals surface area contributed by atoms with Gasteiger partial charge in [0.1, 0.15) is 5.52 Å². The number of rotatable bonds is 14. The molecule has 156 valence electrons. The third kappa shape index (κ3) is 7.76. The van der Waals surface area contributed by atoms with Crippen molar-refractivity contribution in [2.45, 2.75) is 78.1 Å². The van der Waals surface area contributed by atoms with Crippen molar-refractivity contribution in [3.8, 4) is 5.75 Å². The standard InChI is InChI=1S/C22H33NO4S/c1-3-4-5-6-7-8-9-10-11-12-18-26-28(24,25)27-21-16-15-19(2)20-14-13-17-23-22(20)21/h13-17H,3-12,18H2,1-2H3. The van der Waals surface area contributed by atoms with Crippen molar-refractivity contribution in [1.29, 1.82) is 0 Å². The number of fused-ring (bicyclic) bond motifs is 1. The first-order valence-electron chi connectivity index (χ1n) is 10.5. The van der Waals surface area contributed by atoms with E-state index >= 15 is 0 Å². The van der Waals surface area contributed by atoms with Gasteiger partial charge in [0.2, 0.25) is 0 Å². The molecule has 1 heterocycles. The molecule has 1 aromatic carbocycles. The third-order valence-corrected chi connectivity index (χ3v) is 5.71. The fourth-order valence-corrected chi connectivity index (χ4v) is 3.97. The molecule has 6 heteroatoms. The average Bonchev–Trinajstić information content (AvgIpc) is 2.68. The van der Waals surface area contributed by atoms with Gasteiger partial charge in [-0.2, -0.15) is 8.42 Å². The minimum Gasteiger partial charge on any atom is -0.359 e. The molecule has 0 saturated carbocycles. The van der Waals surface area contributed by atoms with Gasteiger partial charge in [-0.25, -0.2) is 4.18 Å². The molecular weight excluding hydrogens is 374 g/mol. The highest BCUT2D eigenvalue weighted by atomic mass is 32.3. The number of benzene rings is 1. The summed E-state index contributed by atoms with van der Waals surface area (Å²) in [6.45, 7) is 4.33. The van der Waals surface area contributed by atoms with Crippen LogP contribution in [-0.4, -0.2) is 20.0 Å². The quantitative estimate of drug-likeness (QED) is 0.354. The molecule has 0 atom stereocenters. The summed E-state index contributed by atoms with van der Waals surface area (Å²) in [7, 11) is -4.09. The van der Waals surface area contributed by atoms with Gasteiger partial charge in [-0.3, -0.25) is 4.98 Å². The first-order chi connectivity index (χ1) is 13.5. The SMILES string of the molecule is CCCCCCCCCCCCOS(=O)(=O)Oc1ccc(C)c2cccnc12. The maximum Gasteiger partial charge on any atom is 0.449 e. The van der Waals surface area contributed by atoms with Crippen molar-refractivity contribution in [3.05, 3.63) is 36.0 Å². The molecule has 0 bridgehead atoms. The Labute approximate surface area is 169 Å². The van der Waals surface area contributed by atoms with E-state index in [0.717, 1.165) is 23.8 Å². The fourth-order valence-electron chi connectivity index (χ4n) is 3.24. The number of hydrogen-bond donors (Lipinski definition) is 0. The van der Waals surface area contributed by atoms with Crippen LogP contribution in [0.3, 0.4) is 0 Å². The molecule has 0 aliphatic carbocycles. The van der Waals surface area contributed by atoms with E-state index in [1.165, 1.54) is 44.9 Å². The van der Waals surface area contributed by atoms with E-state index in [9.17, 15) is 8.42 Å². The van der Waals surface area contributed by atoms with E-state index in [1.54, 1.807) is 12.3 Å². The monoisotopic (exact) mass is 407 g/mol. The van der Waals surface area contributed by atoms with Gasteiger partial charge in [0, 0.05) is 11.6 Å². The molecule has 0 N–H and O–H groups in total. The maximum atomic E-state index is 12.1. The average molecular weight is 408 g/mol. The highest BCUT2D eigenvalue weighted by Crippen LogP contribution is 2.27. The normalized spacial score (nSPS) is 11.8. The number of hydrogen-bond acceptors (Lipinski definition) is 5. The lowest BCUT2D eigenvalue weighted by Gasteiger charge is -2.10. The van der Waals surface area contributed by atoms with Crippen LogP contribution >= 0.6 is 0 Å². The van der Waals surface area contributed by atoms with Gasteiger partial charge in [0.05, 0.1) is 6.61 Å². The van der Waals surface area contributed by atoms with Crippen molar-refractivity contribution >= 4 is 21.3 Å². The summed E-state index contributed by atoms with van der Waals surface area (Å²) in [4.78, 5) is 4.24. The molecule has 0 saturated heterocycles. The highest BCUT2D eigenvalue weighted by Gasteiger charge is 2.16. The summed E-state index contributed by atoms with van der Waals surface area (Å²) >= 11 is 0. The van der Waals surface area contributed by atoms with Crippen LogP contribution in [0.15, 0.2) is 30.5 Å². The van der Waals surface area contributed by atoms with E-state index in [0.29, 0.717) is 11.9 Å². The molecule has 0 spiro atoms. The molecule has 0 aliphatic rings. The predicted molar refractivity (Wildman–Crippen MR) is 114 cm³/mol. The van der Waals surface area contributed by atoms with Crippen LogP contribution in [0.25, 0.3) is 10.9 Å². The summed E-state index contributed by atoms with van der Waals surface area (Å²) in [5, 5.41) is 0.866. The topological polar surface area (TPSA) is 65.5 Å². The second-order valence-corrected chi connectivity index (χ2v) is 8.49. The number of unbranched alkanes of at least 4 members (excludes halogenated alkanes) is 9. The summed E-state index contributed by atoms with van der Waals surface area (Å²) in [5.41, 5.74) is 1.53. The van der Waals surface area contributed by atoms with Crippen molar-refractivity contribution in [2.24, 2.45) is 0 Å². The number of nitrogens with zero attached hydrogens (tertiary/aromatic N) is 1. The summed E-state index contributed by atoms with van der Waals surface area (Å²) in [5.74, 6) is 0.198. The van der Waals surface area contributed by atoms with Crippen LogP contribution in [0.2, 0.25) is 0 Å². The zero-order valence-corrected chi connectivity index (χ0v) is 18.0. The highest BCUT2D eigenvalue weighted by molar-refractivity contribution is 7.82. The van der Waals surface area contributed by atoms with Gasteiger partial charge in [-0.1, -0.05) is 76.8 Å². The van der Waals surface area contributed by atoms with Crippen LogP contribution in [-0.2, 0) is 14.6 Å². The van der Waals surface area contributed by atoms with E-state index in [2.05, 4.69) is 11.9 Å². The lowest BCUT2D eigenvalue weighted by Crippen LogP contribution is -2.14. The Morgan fingerprint density at radius 1 is 0.893 bits per heavy atom. The van der Waals surface area contributed by atoms with Crippen LogP contribution in [0.1, 0.15) is 76.7 Å². The van der Waals surface area contributed by atoms with Gasteiger partial charge < -0.3 is 4.18 Å². The molecule has 0 aliphatic heterocycles. The van der Waals surface area contributed by atoms with Gasteiger partial charge in [-0.15, -0.1) is 0 Å². The zero-order chi connectivity index (χ0) is 20.2. The largest absolute Gasteiger partial charge is 0.449 e. The molecule has 0 radical (unpaired) electrons. The molecule has 28 heavy (non-hydrogen) atoms. The van der Waals surface area contributed by atoms with Gasteiger partial charge in [-0.05, 0) is 31.0 Å².